The van der Waals surface area contributed by atoms with E-state index in [4.69, 9.17) is 11.6 Å². The number of likely N-dealkylation sites (N-methyl/N-ethyl adjacent to an activating group) is 1. The summed E-state index contributed by atoms with van der Waals surface area (Å²) in [6, 6.07) is 7.06. The minimum Gasteiger partial charge on any atom is -0.503 e. The molecule has 3 aromatic rings. The van der Waals surface area contributed by atoms with Crippen molar-refractivity contribution in [3.63, 3.8) is 0 Å². The first-order valence-corrected chi connectivity index (χ1v) is 8.19. The Kier molecular flexibility index (Phi) is 4.81. The zero-order valence-corrected chi connectivity index (χ0v) is 14.7. The minimum atomic E-state index is -0.730. The molecule has 1 aromatic carbocycles. The lowest BCUT2D eigenvalue weighted by atomic mass is 10.1. The monoisotopic (exact) mass is 373 g/mol. The van der Waals surface area contributed by atoms with Crippen molar-refractivity contribution in [1.82, 2.24) is 14.3 Å². The topological polar surface area (TPSA) is 92.8 Å². The van der Waals surface area contributed by atoms with Crippen molar-refractivity contribution in [2.24, 2.45) is 0 Å². The van der Waals surface area contributed by atoms with Crippen LogP contribution in [0.4, 0.5) is 0 Å². The summed E-state index contributed by atoms with van der Waals surface area (Å²) in [4.78, 5) is 36.5. The maximum atomic E-state index is 12.7. The first-order chi connectivity index (χ1) is 12.4. The third-order valence-electron chi connectivity index (χ3n) is 4.03. The maximum absolute atomic E-state index is 12.7. The molecule has 0 aliphatic rings. The average Bonchev–Trinajstić information content (AvgIpc) is 2.61. The fourth-order valence-corrected chi connectivity index (χ4v) is 2.91. The van der Waals surface area contributed by atoms with Crippen molar-refractivity contribution in [2.75, 3.05) is 7.05 Å². The zero-order valence-electron chi connectivity index (χ0n) is 13.9. The number of carbonyl (C=O) groups is 1. The molecule has 0 aliphatic carbocycles. The third-order valence-corrected chi connectivity index (χ3v) is 4.26. The van der Waals surface area contributed by atoms with Crippen LogP contribution in [0.2, 0.25) is 5.02 Å². The molecule has 2 N–H and O–H groups in total. The van der Waals surface area contributed by atoms with Crippen molar-refractivity contribution in [3.8, 4) is 5.75 Å². The number of nitrogens with zero attached hydrogens (tertiary/aromatic N) is 2. The van der Waals surface area contributed by atoms with E-state index in [0.29, 0.717) is 5.02 Å². The summed E-state index contributed by atoms with van der Waals surface area (Å²) in [5.74, 6) is -1.03. The number of halogens is 1. The number of carbonyl (C=O) groups excluding carboxylic acids is 1. The van der Waals surface area contributed by atoms with Gasteiger partial charge in [-0.05, 0) is 17.7 Å². The molecule has 7 nitrogen and oxygen atoms in total. The first kappa shape index (κ1) is 17.8. The largest absolute Gasteiger partial charge is 0.503 e. The lowest BCUT2D eigenvalue weighted by Crippen LogP contribution is -2.27. The molecule has 134 valence electrons. The Balaban J connectivity index is 2.10. The Bertz CT molecular complexity index is 1120. The molecule has 0 saturated carbocycles. The second kappa shape index (κ2) is 7.05. The highest BCUT2D eigenvalue weighted by Gasteiger charge is 2.16. The summed E-state index contributed by atoms with van der Waals surface area (Å²) in [7, 11) is 1.45. The molecule has 8 heteroatoms. The molecule has 0 radical (unpaired) electrons. The number of pyridine rings is 1. The molecule has 0 spiro atoms. The SMILES string of the molecule is CNC(=O)Cc1cn2ccn(Cc3cccc(Cl)c3)c(=O)c2c(O)c1=O. The van der Waals surface area contributed by atoms with E-state index < -0.39 is 16.7 Å². The molecule has 3 rings (SSSR count). The molecular formula is C18H16ClN3O4. The predicted molar refractivity (Wildman–Crippen MR) is 97.9 cm³/mol. The summed E-state index contributed by atoms with van der Waals surface area (Å²) >= 11 is 5.96. The van der Waals surface area contributed by atoms with Gasteiger partial charge in [-0.15, -0.1) is 0 Å². The molecule has 2 aromatic heterocycles. The van der Waals surface area contributed by atoms with Gasteiger partial charge in [-0.25, -0.2) is 0 Å². The lowest BCUT2D eigenvalue weighted by Gasteiger charge is -2.11. The van der Waals surface area contributed by atoms with E-state index in [0.717, 1.165) is 5.56 Å². The molecule has 0 atom stereocenters. The van der Waals surface area contributed by atoms with Crippen LogP contribution in [0.25, 0.3) is 5.52 Å². The van der Waals surface area contributed by atoms with E-state index in [2.05, 4.69) is 5.32 Å². The second-order valence-corrected chi connectivity index (χ2v) is 6.24. The highest BCUT2D eigenvalue weighted by molar-refractivity contribution is 6.30. The van der Waals surface area contributed by atoms with Gasteiger partial charge in [0.2, 0.25) is 11.3 Å². The van der Waals surface area contributed by atoms with Gasteiger partial charge in [-0.1, -0.05) is 23.7 Å². The summed E-state index contributed by atoms with van der Waals surface area (Å²) in [6.45, 7) is 0.240. The van der Waals surface area contributed by atoms with Crippen LogP contribution in [-0.4, -0.2) is 27.0 Å². The van der Waals surface area contributed by atoms with E-state index in [9.17, 15) is 19.5 Å². The van der Waals surface area contributed by atoms with Crippen molar-refractivity contribution in [1.29, 1.82) is 0 Å². The predicted octanol–water partition coefficient (Wildman–Crippen LogP) is 1.16. The summed E-state index contributed by atoms with van der Waals surface area (Å²) in [6.07, 6.45) is 4.30. The summed E-state index contributed by atoms with van der Waals surface area (Å²) in [5.41, 5.74) is -0.478. The van der Waals surface area contributed by atoms with Crippen LogP contribution < -0.4 is 16.3 Å². The van der Waals surface area contributed by atoms with Crippen LogP contribution in [0, 0.1) is 0 Å². The van der Waals surface area contributed by atoms with Crippen LogP contribution in [0.5, 0.6) is 5.75 Å². The Labute approximate surface area is 153 Å². The van der Waals surface area contributed by atoms with Gasteiger partial charge in [0, 0.05) is 36.2 Å². The minimum absolute atomic E-state index is 0.103. The van der Waals surface area contributed by atoms with Gasteiger partial charge in [0.05, 0.1) is 13.0 Å². The number of amides is 1. The van der Waals surface area contributed by atoms with Crippen molar-refractivity contribution in [2.45, 2.75) is 13.0 Å². The number of nitrogens with one attached hydrogen (secondary N) is 1. The molecule has 0 unspecified atom stereocenters. The average molecular weight is 374 g/mol. The quantitative estimate of drug-likeness (QED) is 0.717. The van der Waals surface area contributed by atoms with Gasteiger partial charge in [-0.3, -0.25) is 14.4 Å². The fourth-order valence-electron chi connectivity index (χ4n) is 2.70. The van der Waals surface area contributed by atoms with Crippen molar-refractivity contribution < 1.29 is 9.90 Å². The summed E-state index contributed by atoms with van der Waals surface area (Å²) in [5, 5.41) is 13.2. The number of aromatic hydroxyl groups is 1. The number of benzene rings is 1. The van der Waals surface area contributed by atoms with Crippen LogP contribution in [-0.2, 0) is 17.8 Å². The van der Waals surface area contributed by atoms with E-state index in [1.165, 1.54) is 22.2 Å². The van der Waals surface area contributed by atoms with E-state index >= 15 is 0 Å². The Morgan fingerprint density at radius 1 is 1.27 bits per heavy atom. The molecule has 0 saturated heterocycles. The number of fused-ring (bicyclic) bond motifs is 1. The molecule has 0 bridgehead atoms. The van der Waals surface area contributed by atoms with Crippen LogP contribution in [0.3, 0.4) is 0 Å². The number of hydrogen-bond acceptors (Lipinski definition) is 4. The normalized spacial score (nSPS) is 10.8. The van der Waals surface area contributed by atoms with Crippen molar-refractivity contribution >= 4 is 23.0 Å². The third kappa shape index (κ3) is 3.34. The van der Waals surface area contributed by atoms with Gasteiger partial charge in [0.25, 0.3) is 5.56 Å². The molecule has 1 amide bonds. The van der Waals surface area contributed by atoms with E-state index in [1.807, 2.05) is 6.07 Å². The maximum Gasteiger partial charge on any atom is 0.279 e. The van der Waals surface area contributed by atoms with Crippen LogP contribution in [0.1, 0.15) is 11.1 Å². The smallest absolute Gasteiger partial charge is 0.279 e. The number of rotatable bonds is 4. The van der Waals surface area contributed by atoms with Gasteiger partial charge < -0.3 is 19.4 Å². The fraction of sp³-hybridized carbons (Fsp3) is 0.167. The van der Waals surface area contributed by atoms with Crippen LogP contribution in [0.15, 0.2) is 52.4 Å². The van der Waals surface area contributed by atoms with E-state index in [1.54, 1.807) is 30.6 Å². The molecule has 2 heterocycles. The highest BCUT2D eigenvalue weighted by Crippen LogP contribution is 2.14. The number of hydrogen-bond donors (Lipinski definition) is 2. The standard InChI is InChI=1S/C18H16ClN3O4/c1-20-14(23)8-12-10-21-5-6-22(9-11-3-2-4-13(19)7-11)18(26)15(21)17(25)16(12)24/h2-7,10,25H,8-9H2,1H3,(H,20,23). The van der Waals surface area contributed by atoms with Gasteiger partial charge in [0.15, 0.2) is 11.3 Å². The van der Waals surface area contributed by atoms with Gasteiger partial charge in [0.1, 0.15) is 0 Å². The molecule has 0 fully saturated rings. The number of aromatic nitrogens is 2. The Morgan fingerprint density at radius 3 is 2.73 bits per heavy atom. The molecular weight excluding hydrogens is 358 g/mol. The molecule has 26 heavy (non-hydrogen) atoms. The zero-order chi connectivity index (χ0) is 18.8. The highest BCUT2D eigenvalue weighted by atomic mass is 35.5. The Morgan fingerprint density at radius 2 is 2.04 bits per heavy atom. The lowest BCUT2D eigenvalue weighted by molar-refractivity contribution is -0.119. The van der Waals surface area contributed by atoms with Crippen molar-refractivity contribution in [3.05, 3.63) is 79.6 Å². The Hall–Kier alpha value is -3.06. The summed E-state index contributed by atoms with van der Waals surface area (Å²) < 4.78 is 2.73. The first-order valence-electron chi connectivity index (χ1n) is 7.82. The molecule has 0 aliphatic heterocycles. The van der Waals surface area contributed by atoms with Gasteiger partial charge >= 0.3 is 0 Å². The van der Waals surface area contributed by atoms with Gasteiger partial charge in [-0.2, -0.15) is 0 Å². The van der Waals surface area contributed by atoms with E-state index in [-0.39, 0.29) is 30.0 Å². The van der Waals surface area contributed by atoms with Crippen LogP contribution >= 0.6 is 11.6 Å². The second-order valence-electron chi connectivity index (χ2n) is 5.80.